The van der Waals surface area contributed by atoms with E-state index in [0.717, 1.165) is 10.4 Å². The summed E-state index contributed by atoms with van der Waals surface area (Å²) in [6.07, 6.45) is -4.06. The van der Waals surface area contributed by atoms with E-state index in [0.29, 0.717) is 29.1 Å². The van der Waals surface area contributed by atoms with Gasteiger partial charge >= 0.3 is 6.36 Å². The van der Waals surface area contributed by atoms with E-state index in [9.17, 15) is 18.0 Å². The fourth-order valence-corrected chi connectivity index (χ4v) is 4.74. The first-order valence-electron chi connectivity index (χ1n) is 8.91. The molecule has 0 aliphatic carbocycles. The molecule has 0 N–H and O–H groups in total. The second kappa shape index (κ2) is 8.13. The van der Waals surface area contributed by atoms with Crippen molar-refractivity contribution >= 4 is 40.4 Å². The van der Waals surface area contributed by atoms with Gasteiger partial charge in [0.25, 0.3) is 5.91 Å². The van der Waals surface area contributed by atoms with Crippen molar-refractivity contribution in [2.75, 3.05) is 6.54 Å². The summed E-state index contributed by atoms with van der Waals surface area (Å²) < 4.78 is 41.4. The number of carbonyl (C=O) groups excluding carboxylic acids is 1. The molecular weight excluding hydrogens is 458 g/mol. The Morgan fingerprint density at radius 3 is 2.47 bits per heavy atom. The average molecular weight is 472 g/mol. The molecule has 1 amide bonds. The molecule has 1 aliphatic rings. The Morgan fingerprint density at radius 2 is 1.80 bits per heavy atom. The third kappa shape index (κ3) is 4.29. The van der Waals surface area contributed by atoms with Gasteiger partial charge in [0.05, 0.1) is 16.1 Å². The lowest BCUT2D eigenvalue weighted by Crippen LogP contribution is -2.40. The fourth-order valence-electron chi connectivity index (χ4n) is 3.54. The maximum atomic E-state index is 13.3. The van der Waals surface area contributed by atoms with E-state index in [-0.39, 0.29) is 16.7 Å². The lowest BCUT2D eigenvalue weighted by molar-refractivity contribution is -0.274. The van der Waals surface area contributed by atoms with Crippen LogP contribution in [0, 0.1) is 0 Å². The number of ether oxygens (including phenoxy) is 1. The Hall–Kier alpha value is -2.22. The molecule has 30 heavy (non-hydrogen) atoms. The van der Waals surface area contributed by atoms with Gasteiger partial charge in [0.1, 0.15) is 5.75 Å². The SMILES string of the molecule is O=C(c1ccc(Cl)c(Cl)c1)N1CCc2sccc2C1c1ccc(OC(F)(F)F)cc1. The fraction of sp³-hybridized carbons (Fsp3) is 0.190. The van der Waals surface area contributed by atoms with Crippen LogP contribution in [-0.2, 0) is 6.42 Å². The number of hydrogen-bond acceptors (Lipinski definition) is 3. The topological polar surface area (TPSA) is 29.5 Å². The summed E-state index contributed by atoms with van der Waals surface area (Å²) in [5.41, 5.74) is 2.05. The van der Waals surface area contributed by atoms with E-state index in [1.807, 2.05) is 11.4 Å². The van der Waals surface area contributed by atoms with Crippen LogP contribution in [0.3, 0.4) is 0 Å². The Labute approximate surface area is 184 Å². The van der Waals surface area contributed by atoms with Gasteiger partial charge in [-0.2, -0.15) is 0 Å². The number of alkyl halides is 3. The number of hydrogen-bond donors (Lipinski definition) is 0. The van der Waals surface area contributed by atoms with E-state index >= 15 is 0 Å². The second-order valence-electron chi connectivity index (χ2n) is 6.70. The minimum Gasteiger partial charge on any atom is -0.406 e. The third-order valence-corrected chi connectivity index (χ3v) is 6.56. The zero-order valence-electron chi connectivity index (χ0n) is 15.2. The van der Waals surface area contributed by atoms with Gasteiger partial charge in [-0.3, -0.25) is 4.79 Å². The molecule has 0 saturated carbocycles. The van der Waals surface area contributed by atoms with Crippen LogP contribution in [0.2, 0.25) is 10.0 Å². The summed E-state index contributed by atoms with van der Waals surface area (Å²) in [7, 11) is 0. The number of fused-ring (bicyclic) bond motifs is 1. The van der Waals surface area contributed by atoms with Gasteiger partial charge in [-0.25, -0.2) is 0 Å². The molecule has 0 spiro atoms. The van der Waals surface area contributed by atoms with Crippen molar-refractivity contribution in [3.63, 3.8) is 0 Å². The predicted octanol–water partition coefficient (Wildman–Crippen LogP) is 6.74. The molecule has 1 unspecified atom stereocenters. The smallest absolute Gasteiger partial charge is 0.406 e. The van der Waals surface area contributed by atoms with Crippen LogP contribution in [0.25, 0.3) is 0 Å². The molecular formula is C21H14Cl2F3NO2S. The van der Waals surface area contributed by atoms with Gasteiger partial charge in [-0.1, -0.05) is 35.3 Å². The van der Waals surface area contributed by atoms with E-state index in [4.69, 9.17) is 23.2 Å². The Balaban J connectivity index is 1.70. The first-order chi connectivity index (χ1) is 14.2. The van der Waals surface area contributed by atoms with Crippen molar-refractivity contribution in [1.29, 1.82) is 0 Å². The Morgan fingerprint density at radius 1 is 1.07 bits per heavy atom. The van der Waals surface area contributed by atoms with Crippen LogP contribution in [0.4, 0.5) is 13.2 Å². The lowest BCUT2D eigenvalue weighted by atomic mass is 9.92. The molecule has 9 heteroatoms. The second-order valence-corrected chi connectivity index (χ2v) is 8.51. The van der Waals surface area contributed by atoms with Crippen LogP contribution in [0.1, 0.15) is 32.4 Å². The molecule has 4 rings (SSSR count). The number of nitrogens with zero attached hydrogens (tertiary/aromatic N) is 1. The molecule has 2 heterocycles. The molecule has 1 aromatic heterocycles. The van der Waals surface area contributed by atoms with Crippen LogP contribution < -0.4 is 4.74 Å². The number of amides is 1. The number of rotatable bonds is 3. The normalized spacial score (nSPS) is 16.3. The predicted molar refractivity (Wildman–Crippen MR) is 110 cm³/mol. The number of thiophene rings is 1. The Bertz CT molecular complexity index is 1080. The van der Waals surface area contributed by atoms with Crippen LogP contribution in [0.5, 0.6) is 5.75 Å². The maximum Gasteiger partial charge on any atom is 0.573 e. The highest BCUT2D eigenvalue weighted by atomic mass is 35.5. The maximum absolute atomic E-state index is 13.3. The average Bonchev–Trinajstić information content (AvgIpc) is 3.17. The van der Waals surface area contributed by atoms with Crippen molar-refractivity contribution in [2.24, 2.45) is 0 Å². The molecule has 0 fully saturated rings. The summed E-state index contributed by atoms with van der Waals surface area (Å²) in [4.78, 5) is 16.1. The van der Waals surface area contributed by atoms with E-state index in [1.54, 1.807) is 40.5 Å². The zero-order chi connectivity index (χ0) is 21.5. The van der Waals surface area contributed by atoms with Gasteiger partial charge in [0.15, 0.2) is 0 Å². The highest BCUT2D eigenvalue weighted by Gasteiger charge is 2.34. The van der Waals surface area contributed by atoms with E-state index < -0.39 is 12.4 Å². The largest absolute Gasteiger partial charge is 0.573 e. The van der Waals surface area contributed by atoms with E-state index in [2.05, 4.69) is 4.74 Å². The molecule has 0 radical (unpaired) electrons. The van der Waals surface area contributed by atoms with Gasteiger partial charge in [-0.15, -0.1) is 24.5 Å². The number of benzene rings is 2. The van der Waals surface area contributed by atoms with Gasteiger partial charge in [-0.05, 0) is 59.3 Å². The van der Waals surface area contributed by atoms with Crippen molar-refractivity contribution in [3.8, 4) is 5.75 Å². The van der Waals surface area contributed by atoms with Crippen molar-refractivity contribution in [1.82, 2.24) is 4.90 Å². The molecule has 3 aromatic rings. The third-order valence-electron chi connectivity index (χ3n) is 4.82. The molecule has 3 nitrogen and oxygen atoms in total. The van der Waals surface area contributed by atoms with Crippen molar-refractivity contribution in [2.45, 2.75) is 18.8 Å². The van der Waals surface area contributed by atoms with Crippen LogP contribution in [-0.4, -0.2) is 23.7 Å². The first-order valence-corrected chi connectivity index (χ1v) is 10.5. The van der Waals surface area contributed by atoms with E-state index in [1.165, 1.54) is 18.2 Å². The molecule has 156 valence electrons. The lowest BCUT2D eigenvalue weighted by Gasteiger charge is -2.36. The van der Waals surface area contributed by atoms with Crippen molar-refractivity contribution in [3.05, 3.63) is 85.5 Å². The Kier molecular flexibility index (Phi) is 5.70. The quantitative estimate of drug-likeness (QED) is 0.423. The monoisotopic (exact) mass is 471 g/mol. The van der Waals surface area contributed by atoms with Crippen LogP contribution >= 0.6 is 34.5 Å². The minimum atomic E-state index is -4.76. The summed E-state index contributed by atoms with van der Waals surface area (Å²) in [5, 5.41) is 2.58. The van der Waals surface area contributed by atoms with Crippen LogP contribution in [0.15, 0.2) is 53.9 Å². The molecule has 1 aliphatic heterocycles. The summed E-state index contributed by atoms with van der Waals surface area (Å²) in [6.45, 7) is 0.470. The summed E-state index contributed by atoms with van der Waals surface area (Å²) >= 11 is 13.6. The molecule has 2 aromatic carbocycles. The minimum absolute atomic E-state index is 0.231. The van der Waals surface area contributed by atoms with Gasteiger partial charge < -0.3 is 9.64 Å². The first kappa shape index (κ1) is 21.0. The molecule has 0 saturated heterocycles. The van der Waals surface area contributed by atoms with Gasteiger partial charge in [0, 0.05) is 17.0 Å². The number of halogens is 5. The highest BCUT2D eigenvalue weighted by molar-refractivity contribution is 7.10. The summed E-state index contributed by atoms with van der Waals surface area (Å²) in [5.74, 6) is -0.541. The van der Waals surface area contributed by atoms with Gasteiger partial charge in [0.2, 0.25) is 0 Å². The highest BCUT2D eigenvalue weighted by Crippen LogP contribution is 2.39. The van der Waals surface area contributed by atoms with Crippen molar-refractivity contribution < 1.29 is 22.7 Å². The summed E-state index contributed by atoms with van der Waals surface area (Å²) in [6, 6.07) is 11.8. The zero-order valence-corrected chi connectivity index (χ0v) is 17.6. The molecule has 1 atom stereocenters. The standard InChI is InChI=1S/C21H14Cl2F3NO2S/c22-16-6-3-13(11-17(16)23)20(28)27-9-7-18-15(8-10-30-18)19(27)12-1-4-14(5-2-12)29-21(24,25)26/h1-6,8,10-11,19H,7,9H2. The molecule has 0 bridgehead atoms. The number of carbonyl (C=O) groups is 1.